The van der Waals surface area contributed by atoms with Crippen LogP contribution in [-0.4, -0.2) is 5.97 Å². The van der Waals surface area contributed by atoms with Gasteiger partial charge in [-0.25, -0.2) is 0 Å². The quantitative estimate of drug-likeness (QED) is 0.786. The molecule has 20 heavy (non-hydrogen) atoms. The van der Waals surface area contributed by atoms with Gasteiger partial charge in [-0.05, 0) is 23.6 Å². The molecule has 2 heteroatoms. The molecule has 1 aliphatic rings. The van der Waals surface area contributed by atoms with Crippen molar-refractivity contribution in [2.24, 2.45) is 0 Å². The van der Waals surface area contributed by atoms with E-state index in [0.29, 0.717) is 0 Å². The van der Waals surface area contributed by atoms with E-state index in [0.717, 1.165) is 16.7 Å². The first-order valence-corrected chi connectivity index (χ1v) is 6.66. The zero-order valence-electron chi connectivity index (χ0n) is 11.4. The predicted octanol–water partition coefficient (Wildman–Crippen LogP) is 3.89. The van der Waals surface area contributed by atoms with Gasteiger partial charge in [0.25, 0.3) is 0 Å². The van der Waals surface area contributed by atoms with Gasteiger partial charge in [-0.2, -0.15) is 0 Å². The maximum absolute atomic E-state index is 11.9. The minimum Gasteiger partial charge on any atom is -0.453 e. The summed E-state index contributed by atoms with van der Waals surface area (Å²) in [5.74, 6) is -0.411. The van der Waals surface area contributed by atoms with E-state index >= 15 is 0 Å². The van der Waals surface area contributed by atoms with Crippen LogP contribution >= 0.6 is 0 Å². The second-order valence-corrected chi connectivity index (χ2v) is 5.20. The van der Waals surface area contributed by atoms with Crippen LogP contribution in [0.2, 0.25) is 0 Å². The topological polar surface area (TPSA) is 26.3 Å². The highest BCUT2D eigenvalue weighted by molar-refractivity contribution is 5.86. The molecule has 0 amide bonds. The SMILES string of the molecule is C=Cc1ccc(C2C(=O)OC2(C)c2ccccc2)cc1. The highest BCUT2D eigenvalue weighted by Gasteiger charge is 2.54. The second-order valence-electron chi connectivity index (χ2n) is 5.20. The van der Waals surface area contributed by atoms with Gasteiger partial charge in [0.2, 0.25) is 0 Å². The van der Waals surface area contributed by atoms with E-state index in [9.17, 15) is 4.79 Å². The first-order valence-electron chi connectivity index (χ1n) is 6.66. The number of hydrogen-bond donors (Lipinski definition) is 0. The summed E-state index contributed by atoms with van der Waals surface area (Å²) in [6.45, 7) is 5.71. The Kier molecular flexibility index (Phi) is 2.94. The Morgan fingerprint density at radius 2 is 1.75 bits per heavy atom. The Balaban J connectivity index is 1.98. The normalized spacial score (nSPS) is 24.6. The van der Waals surface area contributed by atoms with Gasteiger partial charge in [0.05, 0.1) is 0 Å². The second kappa shape index (κ2) is 4.64. The summed E-state index contributed by atoms with van der Waals surface area (Å²) < 4.78 is 5.48. The fourth-order valence-electron chi connectivity index (χ4n) is 2.77. The Hall–Kier alpha value is -2.35. The maximum atomic E-state index is 11.9. The van der Waals surface area contributed by atoms with E-state index < -0.39 is 5.60 Å². The highest BCUT2D eigenvalue weighted by Crippen LogP contribution is 2.49. The molecular formula is C18H16O2. The molecule has 0 saturated carbocycles. The third-order valence-corrected chi connectivity index (χ3v) is 3.95. The molecule has 0 aromatic heterocycles. The van der Waals surface area contributed by atoms with E-state index in [-0.39, 0.29) is 11.9 Å². The zero-order valence-corrected chi connectivity index (χ0v) is 11.4. The molecule has 0 bridgehead atoms. The van der Waals surface area contributed by atoms with Crippen LogP contribution in [0.3, 0.4) is 0 Å². The first-order chi connectivity index (χ1) is 9.65. The molecule has 2 nitrogen and oxygen atoms in total. The fourth-order valence-corrected chi connectivity index (χ4v) is 2.77. The van der Waals surface area contributed by atoms with Crippen molar-refractivity contribution in [3.63, 3.8) is 0 Å². The number of hydrogen-bond acceptors (Lipinski definition) is 2. The van der Waals surface area contributed by atoms with E-state index in [1.54, 1.807) is 6.08 Å². The van der Waals surface area contributed by atoms with E-state index in [2.05, 4.69) is 6.58 Å². The monoisotopic (exact) mass is 264 g/mol. The van der Waals surface area contributed by atoms with E-state index in [1.807, 2.05) is 61.5 Å². The molecule has 2 atom stereocenters. The van der Waals surface area contributed by atoms with Crippen molar-refractivity contribution in [3.8, 4) is 0 Å². The van der Waals surface area contributed by atoms with Crippen molar-refractivity contribution in [2.75, 3.05) is 0 Å². The Bertz CT molecular complexity index is 643. The van der Waals surface area contributed by atoms with Crippen LogP contribution in [0.4, 0.5) is 0 Å². The van der Waals surface area contributed by atoms with Gasteiger partial charge in [-0.1, -0.05) is 67.3 Å². The minimum atomic E-state index is -0.575. The molecular weight excluding hydrogens is 248 g/mol. The summed E-state index contributed by atoms with van der Waals surface area (Å²) >= 11 is 0. The van der Waals surface area contributed by atoms with Gasteiger partial charge in [0.1, 0.15) is 5.92 Å². The lowest BCUT2D eigenvalue weighted by molar-refractivity contribution is -0.198. The lowest BCUT2D eigenvalue weighted by Gasteiger charge is -2.45. The summed E-state index contributed by atoms with van der Waals surface area (Å²) in [5.41, 5.74) is 2.48. The molecule has 1 heterocycles. The van der Waals surface area contributed by atoms with Crippen molar-refractivity contribution in [1.29, 1.82) is 0 Å². The molecule has 0 spiro atoms. The highest BCUT2D eigenvalue weighted by atomic mass is 16.6. The summed E-state index contributed by atoms with van der Waals surface area (Å²) in [4.78, 5) is 11.9. The molecule has 1 fully saturated rings. The number of ether oxygens (including phenoxy) is 1. The smallest absolute Gasteiger partial charge is 0.318 e. The molecule has 3 rings (SSSR count). The molecule has 0 N–H and O–H groups in total. The summed E-state index contributed by atoms with van der Waals surface area (Å²) in [5, 5.41) is 0. The number of cyclic esters (lactones) is 1. The van der Waals surface area contributed by atoms with Crippen molar-refractivity contribution < 1.29 is 9.53 Å². The molecule has 1 saturated heterocycles. The van der Waals surface area contributed by atoms with Crippen molar-refractivity contribution in [3.05, 3.63) is 77.9 Å². The van der Waals surface area contributed by atoms with Crippen molar-refractivity contribution in [2.45, 2.75) is 18.4 Å². The minimum absolute atomic E-state index is 0.164. The zero-order chi connectivity index (χ0) is 14.2. The fraction of sp³-hybridized carbons (Fsp3) is 0.167. The summed E-state index contributed by atoms with van der Waals surface area (Å²) in [6.07, 6.45) is 1.79. The Morgan fingerprint density at radius 3 is 2.30 bits per heavy atom. The Labute approximate surface area is 118 Å². The largest absolute Gasteiger partial charge is 0.453 e. The van der Waals surface area contributed by atoms with Gasteiger partial charge in [-0.3, -0.25) is 4.79 Å². The summed E-state index contributed by atoms with van der Waals surface area (Å²) in [6, 6.07) is 17.8. The molecule has 0 aliphatic carbocycles. The van der Waals surface area contributed by atoms with Gasteiger partial charge in [-0.15, -0.1) is 0 Å². The number of benzene rings is 2. The van der Waals surface area contributed by atoms with Crippen LogP contribution in [0.5, 0.6) is 0 Å². The van der Waals surface area contributed by atoms with Crippen LogP contribution in [0, 0.1) is 0 Å². The van der Waals surface area contributed by atoms with E-state index in [4.69, 9.17) is 4.74 Å². The maximum Gasteiger partial charge on any atom is 0.318 e. The van der Waals surface area contributed by atoms with Gasteiger partial charge in [0, 0.05) is 0 Å². The number of rotatable bonds is 3. The average Bonchev–Trinajstić information content (AvgIpc) is 2.48. The lowest BCUT2D eigenvalue weighted by Crippen LogP contribution is -2.51. The van der Waals surface area contributed by atoms with E-state index in [1.165, 1.54) is 0 Å². The van der Waals surface area contributed by atoms with Gasteiger partial charge >= 0.3 is 5.97 Å². The molecule has 2 unspecified atom stereocenters. The number of carbonyl (C=O) groups is 1. The van der Waals surface area contributed by atoms with Crippen LogP contribution in [0.15, 0.2) is 61.2 Å². The Morgan fingerprint density at radius 1 is 1.10 bits per heavy atom. The average molecular weight is 264 g/mol. The van der Waals surface area contributed by atoms with Crippen LogP contribution in [0.25, 0.3) is 6.08 Å². The number of carbonyl (C=O) groups excluding carboxylic acids is 1. The van der Waals surface area contributed by atoms with Gasteiger partial charge < -0.3 is 4.74 Å². The van der Waals surface area contributed by atoms with Crippen LogP contribution in [-0.2, 0) is 15.1 Å². The third kappa shape index (κ3) is 1.85. The first kappa shape index (κ1) is 12.7. The lowest BCUT2D eigenvalue weighted by atomic mass is 9.74. The van der Waals surface area contributed by atoms with Crippen molar-refractivity contribution in [1.82, 2.24) is 0 Å². The molecule has 2 aromatic rings. The molecule has 0 radical (unpaired) electrons. The molecule has 1 aliphatic heterocycles. The van der Waals surface area contributed by atoms with Crippen LogP contribution < -0.4 is 0 Å². The van der Waals surface area contributed by atoms with Crippen LogP contribution in [0.1, 0.15) is 29.5 Å². The predicted molar refractivity (Wildman–Crippen MR) is 79.2 cm³/mol. The number of esters is 1. The molecule has 2 aromatic carbocycles. The standard InChI is InChI=1S/C18H16O2/c1-3-13-9-11-14(12-10-13)16-17(19)20-18(16,2)15-7-5-4-6-8-15/h3-12,16H,1H2,2H3. The van der Waals surface area contributed by atoms with Crippen molar-refractivity contribution >= 4 is 12.0 Å². The third-order valence-electron chi connectivity index (χ3n) is 3.95. The van der Waals surface area contributed by atoms with Gasteiger partial charge in [0.15, 0.2) is 5.60 Å². The summed E-state index contributed by atoms with van der Waals surface area (Å²) in [7, 11) is 0. The molecule has 100 valence electrons.